The lowest BCUT2D eigenvalue weighted by atomic mass is 10.2. The van der Waals surface area contributed by atoms with Gasteiger partial charge >= 0.3 is 5.97 Å². The van der Waals surface area contributed by atoms with E-state index in [1.54, 1.807) is 17.4 Å². The Morgan fingerprint density at radius 3 is 2.93 bits per heavy atom. The summed E-state index contributed by atoms with van der Waals surface area (Å²) in [5, 5.41) is 9.68. The van der Waals surface area contributed by atoms with E-state index >= 15 is 0 Å². The van der Waals surface area contributed by atoms with Crippen molar-refractivity contribution in [1.29, 1.82) is 0 Å². The minimum absolute atomic E-state index is 0.579. The molecule has 15 heavy (non-hydrogen) atoms. The smallest absolute Gasteiger partial charge is 0.328 e. The Balaban J connectivity index is 2.27. The molecule has 0 aliphatic heterocycles. The van der Waals surface area contributed by atoms with Crippen LogP contribution in [0.15, 0.2) is 6.08 Å². The average molecular weight is 223 g/mol. The normalized spacial score (nSPS) is 16.1. The second-order valence-electron chi connectivity index (χ2n) is 3.66. The lowest BCUT2D eigenvalue weighted by Gasteiger charge is -1.91. The van der Waals surface area contributed by atoms with Gasteiger partial charge in [0.05, 0.1) is 15.6 Å². The third-order valence-corrected chi connectivity index (χ3v) is 3.55. The molecule has 4 heteroatoms. The summed E-state index contributed by atoms with van der Waals surface area (Å²) in [6, 6.07) is 0. The van der Waals surface area contributed by atoms with E-state index in [4.69, 9.17) is 5.11 Å². The van der Waals surface area contributed by atoms with Crippen molar-refractivity contribution in [2.45, 2.75) is 32.1 Å². The molecule has 0 saturated heterocycles. The maximum absolute atomic E-state index is 10.4. The first-order valence-electron chi connectivity index (χ1n) is 5.11. The van der Waals surface area contributed by atoms with Gasteiger partial charge in [0.1, 0.15) is 0 Å². The molecule has 0 amide bonds. The number of hydrogen-bond acceptors (Lipinski definition) is 3. The highest BCUT2D eigenvalue weighted by Gasteiger charge is 2.28. The summed E-state index contributed by atoms with van der Waals surface area (Å²) in [5.74, 6) is -0.321. The molecule has 1 aliphatic rings. The van der Waals surface area contributed by atoms with Gasteiger partial charge in [-0.1, -0.05) is 6.92 Å². The van der Waals surface area contributed by atoms with E-state index in [1.165, 1.54) is 18.9 Å². The van der Waals surface area contributed by atoms with Crippen LogP contribution in [0, 0.1) is 0 Å². The minimum Gasteiger partial charge on any atom is -0.478 e. The van der Waals surface area contributed by atoms with E-state index in [0.29, 0.717) is 5.92 Å². The molecule has 0 atom stereocenters. The number of aryl methyl sites for hydroxylation is 1. The maximum atomic E-state index is 10.4. The Morgan fingerprint density at radius 2 is 2.40 bits per heavy atom. The van der Waals surface area contributed by atoms with Crippen LogP contribution in [0.2, 0.25) is 0 Å². The summed E-state index contributed by atoms with van der Waals surface area (Å²) >= 11 is 1.61. The van der Waals surface area contributed by atoms with E-state index in [1.807, 2.05) is 0 Å². The molecule has 1 aromatic heterocycles. The maximum Gasteiger partial charge on any atom is 0.328 e. The van der Waals surface area contributed by atoms with E-state index < -0.39 is 5.97 Å². The third-order valence-electron chi connectivity index (χ3n) is 2.37. The van der Waals surface area contributed by atoms with Gasteiger partial charge in [0.15, 0.2) is 0 Å². The molecule has 0 unspecified atom stereocenters. The van der Waals surface area contributed by atoms with Crippen LogP contribution in [0.25, 0.3) is 6.08 Å². The summed E-state index contributed by atoms with van der Waals surface area (Å²) in [6.07, 6.45) is 6.18. The van der Waals surface area contributed by atoms with Crippen LogP contribution in [0.1, 0.15) is 41.3 Å². The van der Waals surface area contributed by atoms with Gasteiger partial charge in [0.2, 0.25) is 0 Å². The number of carbonyl (C=O) groups is 1. The predicted octanol–water partition coefficient (Wildman–Crippen LogP) is 2.68. The van der Waals surface area contributed by atoms with Crippen LogP contribution in [-0.2, 0) is 11.2 Å². The molecule has 1 heterocycles. The highest BCUT2D eigenvalue weighted by molar-refractivity contribution is 7.12. The Hall–Kier alpha value is -1.16. The molecule has 1 aromatic rings. The van der Waals surface area contributed by atoms with Crippen LogP contribution in [0.4, 0.5) is 0 Å². The molecular formula is C11H13NO2S. The van der Waals surface area contributed by atoms with Crippen LogP contribution in [-0.4, -0.2) is 16.1 Å². The Morgan fingerprint density at radius 1 is 1.67 bits per heavy atom. The first-order valence-corrected chi connectivity index (χ1v) is 5.93. The van der Waals surface area contributed by atoms with E-state index in [9.17, 15) is 4.79 Å². The number of nitrogens with zero attached hydrogens (tertiary/aromatic N) is 1. The number of aliphatic carboxylic acids is 1. The highest BCUT2D eigenvalue weighted by Crippen LogP contribution is 2.43. The Labute approximate surface area is 92.5 Å². The lowest BCUT2D eigenvalue weighted by Crippen LogP contribution is -1.87. The fourth-order valence-electron chi connectivity index (χ4n) is 1.46. The van der Waals surface area contributed by atoms with Crippen molar-refractivity contribution in [2.24, 2.45) is 0 Å². The number of thiazole rings is 1. The molecular weight excluding hydrogens is 210 g/mol. The van der Waals surface area contributed by atoms with Crippen LogP contribution in [0.3, 0.4) is 0 Å². The molecule has 2 rings (SSSR count). The third kappa shape index (κ3) is 2.45. The summed E-state index contributed by atoms with van der Waals surface area (Å²) in [5.41, 5.74) is 1.11. The van der Waals surface area contributed by atoms with Crippen molar-refractivity contribution in [3.05, 3.63) is 21.7 Å². The lowest BCUT2D eigenvalue weighted by molar-refractivity contribution is -0.131. The van der Waals surface area contributed by atoms with Gasteiger partial charge in [-0.25, -0.2) is 9.78 Å². The second kappa shape index (κ2) is 4.14. The number of carboxylic acid groups (broad SMARTS) is 1. The number of aromatic nitrogens is 1. The van der Waals surface area contributed by atoms with Crippen molar-refractivity contribution in [3.63, 3.8) is 0 Å². The van der Waals surface area contributed by atoms with Crippen molar-refractivity contribution < 1.29 is 9.90 Å². The molecule has 3 nitrogen and oxygen atoms in total. The highest BCUT2D eigenvalue weighted by atomic mass is 32.1. The summed E-state index contributed by atoms with van der Waals surface area (Å²) in [4.78, 5) is 16.0. The van der Waals surface area contributed by atoms with Gasteiger partial charge < -0.3 is 5.11 Å². The first kappa shape index (κ1) is 10.4. The molecule has 0 aromatic carbocycles. The molecule has 0 radical (unpaired) electrons. The molecule has 1 aliphatic carbocycles. The van der Waals surface area contributed by atoms with Gasteiger partial charge in [-0.3, -0.25) is 0 Å². The molecule has 1 saturated carbocycles. The monoisotopic (exact) mass is 223 g/mol. The first-order chi connectivity index (χ1) is 7.20. The molecule has 1 fully saturated rings. The molecule has 80 valence electrons. The van der Waals surface area contributed by atoms with Crippen molar-refractivity contribution in [2.75, 3.05) is 0 Å². The number of rotatable bonds is 4. The van der Waals surface area contributed by atoms with E-state index in [2.05, 4.69) is 11.9 Å². The Kier molecular flexibility index (Phi) is 2.86. The van der Waals surface area contributed by atoms with Crippen molar-refractivity contribution >= 4 is 23.4 Å². The van der Waals surface area contributed by atoms with Gasteiger partial charge in [-0.2, -0.15) is 0 Å². The predicted molar refractivity (Wildman–Crippen MR) is 60.1 cm³/mol. The van der Waals surface area contributed by atoms with Gasteiger partial charge in [0, 0.05) is 12.0 Å². The molecule has 0 spiro atoms. The fraction of sp³-hybridized carbons (Fsp3) is 0.455. The van der Waals surface area contributed by atoms with Crippen LogP contribution in [0.5, 0.6) is 0 Å². The fourth-order valence-corrected chi connectivity index (χ4v) is 2.45. The second-order valence-corrected chi connectivity index (χ2v) is 4.77. The van der Waals surface area contributed by atoms with Gasteiger partial charge in [-0.15, -0.1) is 11.3 Å². The van der Waals surface area contributed by atoms with Gasteiger partial charge in [-0.05, 0) is 25.3 Å². The zero-order valence-corrected chi connectivity index (χ0v) is 9.38. The van der Waals surface area contributed by atoms with E-state index in [0.717, 1.165) is 22.0 Å². The Bertz CT molecular complexity index is 405. The van der Waals surface area contributed by atoms with Crippen LogP contribution >= 0.6 is 11.3 Å². The van der Waals surface area contributed by atoms with Crippen molar-refractivity contribution in [1.82, 2.24) is 4.98 Å². The molecule has 1 N–H and O–H groups in total. The standard InChI is InChI=1S/C11H13NO2S/c1-2-9-12-11(7-3-4-7)8(15-9)5-6-10(13)14/h5-7H,2-4H2,1H3,(H,13,14)/b6-5+. The summed E-state index contributed by atoms with van der Waals surface area (Å²) in [6.45, 7) is 2.07. The van der Waals surface area contributed by atoms with Crippen molar-refractivity contribution in [3.8, 4) is 0 Å². The minimum atomic E-state index is -0.900. The summed E-state index contributed by atoms with van der Waals surface area (Å²) < 4.78 is 0. The SMILES string of the molecule is CCc1nc(C2CC2)c(/C=C/C(=O)O)s1. The number of carboxylic acids is 1. The van der Waals surface area contributed by atoms with E-state index in [-0.39, 0.29) is 0 Å². The average Bonchev–Trinajstić information content (AvgIpc) is 2.96. The zero-order chi connectivity index (χ0) is 10.8. The van der Waals surface area contributed by atoms with Crippen LogP contribution < -0.4 is 0 Å². The largest absolute Gasteiger partial charge is 0.478 e. The zero-order valence-electron chi connectivity index (χ0n) is 8.56. The van der Waals surface area contributed by atoms with Gasteiger partial charge in [0.25, 0.3) is 0 Å². The molecule has 0 bridgehead atoms. The topological polar surface area (TPSA) is 50.2 Å². The quantitative estimate of drug-likeness (QED) is 0.798. The summed E-state index contributed by atoms with van der Waals surface area (Å²) in [7, 11) is 0. The number of hydrogen-bond donors (Lipinski definition) is 1.